The third kappa shape index (κ3) is 3.87. The first kappa shape index (κ1) is 19.6. The Morgan fingerprint density at radius 2 is 1.67 bits per heavy atom. The van der Waals surface area contributed by atoms with Crippen LogP contribution in [0.1, 0.15) is 27.2 Å². The van der Waals surface area contributed by atoms with Crippen molar-refractivity contribution in [1.29, 1.82) is 0 Å². The first-order valence-corrected chi connectivity index (χ1v) is 9.61. The molecular weight excluding hydrogens is 376 g/mol. The van der Waals surface area contributed by atoms with Gasteiger partial charge in [0.25, 0.3) is 0 Å². The summed E-state index contributed by atoms with van der Waals surface area (Å²) in [7, 11) is 1.72. The van der Waals surface area contributed by atoms with Crippen molar-refractivity contribution in [3.05, 3.63) is 107 Å². The third-order valence-electron chi connectivity index (χ3n) is 4.81. The van der Waals surface area contributed by atoms with Crippen molar-refractivity contribution in [1.82, 2.24) is 14.9 Å². The average molecular weight is 398 g/mol. The summed E-state index contributed by atoms with van der Waals surface area (Å²) in [4.78, 5) is 22.8. The molecule has 2 aromatic carbocycles. The predicted molar refractivity (Wildman–Crippen MR) is 118 cm³/mol. The number of hydrogen-bond acceptors (Lipinski definition) is 5. The smallest absolute Gasteiger partial charge is 0.213 e. The summed E-state index contributed by atoms with van der Waals surface area (Å²) in [6.45, 7) is 0.390. The SMILES string of the molecule is CNOCC=C(c1ccccc1)c1ccc2nc(N)c(C(=O)c3ccccc3)n2c1. The topological polar surface area (TPSA) is 81.7 Å². The maximum atomic E-state index is 13.1. The van der Waals surface area contributed by atoms with Gasteiger partial charge in [0.15, 0.2) is 5.82 Å². The Morgan fingerprint density at radius 1 is 1.00 bits per heavy atom. The maximum Gasteiger partial charge on any atom is 0.213 e. The van der Waals surface area contributed by atoms with Gasteiger partial charge in [0, 0.05) is 18.8 Å². The van der Waals surface area contributed by atoms with Gasteiger partial charge in [-0.1, -0.05) is 60.7 Å². The molecule has 6 heteroatoms. The summed E-state index contributed by atoms with van der Waals surface area (Å²) < 4.78 is 1.76. The van der Waals surface area contributed by atoms with Crippen LogP contribution in [-0.4, -0.2) is 28.8 Å². The van der Waals surface area contributed by atoms with E-state index in [1.807, 2.05) is 72.9 Å². The van der Waals surface area contributed by atoms with E-state index in [-0.39, 0.29) is 11.6 Å². The lowest BCUT2D eigenvalue weighted by atomic mass is 9.99. The van der Waals surface area contributed by atoms with Gasteiger partial charge >= 0.3 is 0 Å². The minimum Gasteiger partial charge on any atom is -0.382 e. The molecular formula is C24H22N4O2. The molecule has 0 radical (unpaired) electrons. The van der Waals surface area contributed by atoms with Gasteiger partial charge in [-0.15, -0.1) is 0 Å². The van der Waals surface area contributed by atoms with E-state index in [0.717, 1.165) is 16.7 Å². The van der Waals surface area contributed by atoms with Crippen molar-refractivity contribution in [3.63, 3.8) is 0 Å². The molecule has 0 saturated carbocycles. The van der Waals surface area contributed by atoms with Crippen LogP contribution in [0.4, 0.5) is 5.82 Å². The number of rotatable bonds is 7. The number of carbonyl (C=O) groups excluding carboxylic acids is 1. The highest BCUT2D eigenvalue weighted by molar-refractivity contribution is 6.11. The number of fused-ring (bicyclic) bond motifs is 1. The largest absolute Gasteiger partial charge is 0.382 e. The van der Waals surface area contributed by atoms with Gasteiger partial charge < -0.3 is 5.73 Å². The van der Waals surface area contributed by atoms with E-state index in [1.54, 1.807) is 23.6 Å². The number of imidazole rings is 1. The van der Waals surface area contributed by atoms with Crippen LogP contribution < -0.4 is 11.2 Å². The second-order valence-electron chi connectivity index (χ2n) is 6.69. The molecule has 0 spiro atoms. The molecule has 2 heterocycles. The highest BCUT2D eigenvalue weighted by atomic mass is 16.6. The number of nitrogens with one attached hydrogen (secondary N) is 1. The number of ketones is 1. The second kappa shape index (κ2) is 8.73. The number of aromatic nitrogens is 2. The zero-order chi connectivity index (χ0) is 20.9. The summed E-state index contributed by atoms with van der Waals surface area (Å²) in [5.41, 5.74) is 13.3. The van der Waals surface area contributed by atoms with E-state index in [2.05, 4.69) is 10.5 Å². The summed E-state index contributed by atoms with van der Waals surface area (Å²) >= 11 is 0. The van der Waals surface area contributed by atoms with E-state index < -0.39 is 0 Å². The quantitative estimate of drug-likeness (QED) is 0.282. The summed E-state index contributed by atoms with van der Waals surface area (Å²) in [6, 6.07) is 22.9. The molecule has 0 aliphatic heterocycles. The number of pyridine rings is 1. The fourth-order valence-corrected chi connectivity index (χ4v) is 3.40. The van der Waals surface area contributed by atoms with Crippen LogP contribution in [0.5, 0.6) is 0 Å². The van der Waals surface area contributed by atoms with Crippen LogP contribution in [0.15, 0.2) is 85.1 Å². The number of nitrogens with two attached hydrogens (primary N) is 1. The molecule has 30 heavy (non-hydrogen) atoms. The molecule has 0 fully saturated rings. The van der Waals surface area contributed by atoms with E-state index in [0.29, 0.717) is 23.5 Å². The van der Waals surface area contributed by atoms with Crippen LogP contribution in [0.25, 0.3) is 11.2 Å². The van der Waals surface area contributed by atoms with Crippen LogP contribution in [0.3, 0.4) is 0 Å². The molecule has 3 N–H and O–H groups in total. The molecule has 0 aliphatic rings. The Labute approximate surface area is 174 Å². The fraction of sp³-hybridized carbons (Fsp3) is 0.0833. The van der Waals surface area contributed by atoms with Crippen molar-refractivity contribution in [2.45, 2.75) is 0 Å². The standard InChI is InChI=1S/C24H22N4O2/c1-26-30-15-14-20(17-8-4-2-5-9-17)19-12-13-21-27-24(25)22(28(21)16-19)23(29)18-10-6-3-7-11-18/h2-14,16,26H,15,25H2,1H3. The molecule has 0 aliphatic carbocycles. The lowest BCUT2D eigenvalue weighted by Crippen LogP contribution is -2.09. The number of carbonyl (C=O) groups is 1. The van der Waals surface area contributed by atoms with Crippen molar-refractivity contribution in [3.8, 4) is 0 Å². The first-order chi connectivity index (χ1) is 14.7. The molecule has 4 aromatic rings. The number of anilines is 1. The van der Waals surface area contributed by atoms with Crippen LogP contribution in [0, 0.1) is 0 Å². The summed E-state index contributed by atoms with van der Waals surface area (Å²) in [6.07, 6.45) is 3.89. The van der Waals surface area contributed by atoms with Gasteiger partial charge in [-0.25, -0.2) is 10.5 Å². The Hall–Kier alpha value is -3.74. The van der Waals surface area contributed by atoms with Gasteiger partial charge in [-0.05, 0) is 34.9 Å². The highest BCUT2D eigenvalue weighted by Gasteiger charge is 2.19. The molecule has 0 amide bonds. The molecule has 4 rings (SSSR count). The van der Waals surface area contributed by atoms with Crippen LogP contribution in [0.2, 0.25) is 0 Å². The number of hydroxylamine groups is 1. The molecule has 0 unspecified atom stereocenters. The fourth-order valence-electron chi connectivity index (χ4n) is 3.40. The van der Waals surface area contributed by atoms with Crippen LogP contribution >= 0.6 is 0 Å². The zero-order valence-electron chi connectivity index (χ0n) is 16.6. The van der Waals surface area contributed by atoms with Crippen LogP contribution in [-0.2, 0) is 4.84 Å². The Balaban J connectivity index is 1.83. The minimum atomic E-state index is -0.165. The molecule has 2 aromatic heterocycles. The van der Waals surface area contributed by atoms with E-state index in [9.17, 15) is 4.79 Å². The maximum absolute atomic E-state index is 13.1. The molecule has 0 saturated heterocycles. The van der Waals surface area contributed by atoms with E-state index >= 15 is 0 Å². The van der Waals surface area contributed by atoms with Crippen molar-refractivity contribution >= 4 is 22.8 Å². The van der Waals surface area contributed by atoms with Gasteiger partial charge in [-0.2, -0.15) is 0 Å². The Bertz CT molecular complexity index is 1200. The van der Waals surface area contributed by atoms with E-state index in [4.69, 9.17) is 10.6 Å². The highest BCUT2D eigenvalue weighted by Crippen LogP contribution is 2.26. The van der Waals surface area contributed by atoms with Gasteiger partial charge in [-0.3, -0.25) is 14.0 Å². The van der Waals surface area contributed by atoms with Crippen molar-refractivity contribution in [2.24, 2.45) is 0 Å². The predicted octanol–water partition coefficient (Wildman–Crippen LogP) is 3.73. The van der Waals surface area contributed by atoms with Crippen molar-refractivity contribution < 1.29 is 9.63 Å². The molecule has 0 bridgehead atoms. The Kier molecular flexibility index (Phi) is 5.70. The summed E-state index contributed by atoms with van der Waals surface area (Å²) in [5.74, 6) is 0.0475. The zero-order valence-corrected chi connectivity index (χ0v) is 16.6. The lowest BCUT2D eigenvalue weighted by molar-refractivity contribution is 0.0813. The number of nitrogen functional groups attached to an aromatic ring is 1. The van der Waals surface area contributed by atoms with Gasteiger partial charge in [0.05, 0.1) is 6.61 Å². The Morgan fingerprint density at radius 3 is 2.33 bits per heavy atom. The molecule has 0 atom stereocenters. The third-order valence-corrected chi connectivity index (χ3v) is 4.81. The van der Waals surface area contributed by atoms with Crippen molar-refractivity contribution in [2.75, 3.05) is 19.4 Å². The normalized spacial score (nSPS) is 11.7. The monoisotopic (exact) mass is 398 g/mol. The van der Waals surface area contributed by atoms with Gasteiger partial charge in [0.2, 0.25) is 5.78 Å². The molecule has 6 nitrogen and oxygen atoms in total. The summed E-state index contributed by atoms with van der Waals surface area (Å²) in [5, 5.41) is 0. The lowest BCUT2D eigenvalue weighted by Gasteiger charge is -2.11. The number of benzene rings is 2. The average Bonchev–Trinajstić information content (AvgIpc) is 3.12. The minimum absolute atomic E-state index is 0.165. The second-order valence-corrected chi connectivity index (χ2v) is 6.69. The number of hydrogen-bond donors (Lipinski definition) is 2. The van der Waals surface area contributed by atoms with E-state index in [1.165, 1.54) is 0 Å². The first-order valence-electron chi connectivity index (χ1n) is 9.61. The molecule has 150 valence electrons. The number of nitrogens with zero attached hydrogens (tertiary/aromatic N) is 2. The van der Waals surface area contributed by atoms with Gasteiger partial charge in [0.1, 0.15) is 11.3 Å².